The van der Waals surface area contributed by atoms with Crippen LogP contribution in [0.5, 0.6) is 0 Å². The van der Waals surface area contributed by atoms with E-state index in [1.807, 2.05) is 7.05 Å². The van der Waals surface area contributed by atoms with Crippen LogP contribution in [0.1, 0.15) is 38.5 Å². The molecule has 0 aromatic heterocycles. The average Bonchev–Trinajstić information content (AvgIpc) is 3.02. The Balaban J connectivity index is 1.78. The van der Waals surface area contributed by atoms with E-state index in [2.05, 4.69) is 5.32 Å². The minimum atomic E-state index is -4.05. The molecule has 0 bridgehead atoms. The van der Waals surface area contributed by atoms with Crippen molar-refractivity contribution in [1.29, 1.82) is 0 Å². The van der Waals surface area contributed by atoms with Crippen molar-refractivity contribution in [1.82, 2.24) is 10.2 Å². The fourth-order valence-corrected chi connectivity index (χ4v) is 3.15. The molecule has 0 aromatic rings. The standard InChI is InChI=1S/C13H23F3N2/c1-17-12-4-2-3-10(12)7-8-18(11-5-6-11)9-13(14,15)16/h10-12,17H,2-9H2,1H3. The van der Waals surface area contributed by atoms with Crippen LogP contribution >= 0.6 is 0 Å². The molecular formula is C13H23F3N2. The minimum absolute atomic E-state index is 0.195. The van der Waals surface area contributed by atoms with E-state index in [-0.39, 0.29) is 6.04 Å². The van der Waals surface area contributed by atoms with E-state index in [0.717, 1.165) is 25.7 Å². The van der Waals surface area contributed by atoms with Crippen LogP contribution in [-0.2, 0) is 0 Å². The lowest BCUT2D eigenvalue weighted by molar-refractivity contribution is -0.147. The van der Waals surface area contributed by atoms with Crippen molar-refractivity contribution in [3.8, 4) is 0 Å². The van der Waals surface area contributed by atoms with Crippen molar-refractivity contribution in [2.45, 2.75) is 56.8 Å². The van der Waals surface area contributed by atoms with Gasteiger partial charge in [-0.25, -0.2) is 0 Å². The van der Waals surface area contributed by atoms with Gasteiger partial charge in [0.25, 0.3) is 0 Å². The zero-order valence-electron chi connectivity index (χ0n) is 11.0. The van der Waals surface area contributed by atoms with E-state index >= 15 is 0 Å². The fraction of sp³-hybridized carbons (Fsp3) is 1.00. The van der Waals surface area contributed by atoms with Crippen molar-refractivity contribution < 1.29 is 13.2 Å². The molecule has 0 amide bonds. The topological polar surface area (TPSA) is 15.3 Å². The molecule has 2 saturated carbocycles. The van der Waals surface area contributed by atoms with Gasteiger partial charge in [0.1, 0.15) is 0 Å². The first-order valence-electron chi connectivity index (χ1n) is 6.97. The summed E-state index contributed by atoms with van der Waals surface area (Å²) in [6.07, 6.45) is 2.27. The molecule has 0 saturated heterocycles. The van der Waals surface area contributed by atoms with Gasteiger partial charge in [0.15, 0.2) is 0 Å². The molecule has 1 N–H and O–H groups in total. The molecule has 0 spiro atoms. The summed E-state index contributed by atoms with van der Waals surface area (Å²) in [6.45, 7) is -0.123. The predicted octanol–water partition coefficient (Wildman–Crippen LogP) is 2.79. The van der Waals surface area contributed by atoms with E-state index in [1.54, 1.807) is 4.90 Å². The summed E-state index contributed by atoms with van der Waals surface area (Å²) in [5.74, 6) is 0.560. The molecule has 2 atom stereocenters. The molecule has 2 fully saturated rings. The zero-order chi connectivity index (χ0) is 13.2. The van der Waals surface area contributed by atoms with Gasteiger partial charge in [-0.05, 0) is 51.6 Å². The highest BCUT2D eigenvalue weighted by Crippen LogP contribution is 2.33. The van der Waals surface area contributed by atoms with Gasteiger partial charge in [0.2, 0.25) is 0 Å². The van der Waals surface area contributed by atoms with Crippen molar-refractivity contribution in [2.75, 3.05) is 20.1 Å². The fourth-order valence-electron chi connectivity index (χ4n) is 3.15. The van der Waals surface area contributed by atoms with E-state index in [9.17, 15) is 13.2 Å². The Morgan fingerprint density at radius 3 is 2.44 bits per heavy atom. The second-order valence-corrected chi connectivity index (χ2v) is 5.69. The van der Waals surface area contributed by atoms with Crippen molar-refractivity contribution in [3.63, 3.8) is 0 Å². The van der Waals surface area contributed by atoms with Crippen LogP contribution < -0.4 is 5.32 Å². The Morgan fingerprint density at radius 1 is 1.17 bits per heavy atom. The van der Waals surface area contributed by atoms with Crippen LogP contribution in [-0.4, -0.2) is 43.3 Å². The molecule has 2 nitrogen and oxygen atoms in total. The molecule has 0 aliphatic heterocycles. The first kappa shape index (κ1) is 14.1. The zero-order valence-corrected chi connectivity index (χ0v) is 11.0. The number of rotatable bonds is 6. The maximum Gasteiger partial charge on any atom is 0.401 e. The maximum atomic E-state index is 12.5. The monoisotopic (exact) mass is 264 g/mol. The van der Waals surface area contributed by atoms with Crippen molar-refractivity contribution in [3.05, 3.63) is 0 Å². The molecule has 0 heterocycles. The largest absolute Gasteiger partial charge is 0.401 e. The molecule has 2 aliphatic carbocycles. The minimum Gasteiger partial charge on any atom is -0.317 e. The molecule has 2 unspecified atom stereocenters. The molecule has 2 aliphatic rings. The summed E-state index contributed by atoms with van der Waals surface area (Å²) < 4.78 is 37.4. The van der Waals surface area contributed by atoms with Crippen LogP contribution in [0.4, 0.5) is 13.2 Å². The van der Waals surface area contributed by atoms with Gasteiger partial charge in [0, 0.05) is 12.1 Å². The summed E-state index contributed by atoms with van der Waals surface area (Å²) >= 11 is 0. The van der Waals surface area contributed by atoms with Crippen molar-refractivity contribution >= 4 is 0 Å². The van der Waals surface area contributed by atoms with Crippen molar-refractivity contribution in [2.24, 2.45) is 5.92 Å². The average molecular weight is 264 g/mol. The van der Waals surface area contributed by atoms with Gasteiger partial charge in [-0.1, -0.05) is 6.42 Å². The van der Waals surface area contributed by atoms with Crippen LogP contribution in [0.2, 0.25) is 0 Å². The Kier molecular flexibility index (Phi) is 4.54. The third-order valence-electron chi connectivity index (χ3n) is 4.26. The second-order valence-electron chi connectivity index (χ2n) is 5.69. The summed E-state index contributed by atoms with van der Waals surface area (Å²) in [7, 11) is 1.96. The molecule has 0 aromatic carbocycles. The molecule has 18 heavy (non-hydrogen) atoms. The highest BCUT2D eigenvalue weighted by Gasteiger charge is 2.38. The highest BCUT2D eigenvalue weighted by atomic mass is 19.4. The van der Waals surface area contributed by atoms with Crippen LogP contribution in [0.25, 0.3) is 0 Å². The van der Waals surface area contributed by atoms with Gasteiger partial charge < -0.3 is 5.32 Å². The smallest absolute Gasteiger partial charge is 0.317 e. The van der Waals surface area contributed by atoms with E-state index in [0.29, 0.717) is 18.5 Å². The molecule has 2 rings (SSSR count). The van der Waals surface area contributed by atoms with Gasteiger partial charge in [-0.15, -0.1) is 0 Å². The Labute approximate surface area is 107 Å². The van der Waals surface area contributed by atoms with Gasteiger partial charge in [-0.3, -0.25) is 4.90 Å². The number of hydrogen-bond donors (Lipinski definition) is 1. The first-order chi connectivity index (χ1) is 8.49. The lowest BCUT2D eigenvalue weighted by Crippen LogP contribution is -2.38. The molecule has 0 radical (unpaired) electrons. The maximum absolute atomic E-state index is 12.5. The predicted molar refractivity (Wildman–Crippen MR) is 65.5 cm³/mol. The van der Waals surface area contributed by atoms with E-state index in [1.165, 1.54) is 12.8 Å². The van der Waals surface area contributed by atoms with E-state index in [4.69, 9.17) is 0 Å². The molecular weight excluding hydrogens is 241 g/mol. The van der Waals surface area contributed by atoms with Crippen LogP contribution in [0.3, 0.4) is 0 Å². The summed E-state index contributed by atoms with van der Waals surface area (Å²) in [6, 6.07) is 0.706. The number of nitrogens with one attached hydrogen (secondary N) is 1. The Morgan fingerprint density at radius 2 is 1.89 bits per heavy atom. The Hall–Kier alpha value is -0.290. The summed E-state index contributed by atoms with van der Waals surface area (Å²) in [5, 5.41) is 3.29. The first-order valence-corrected chi connectivity index (χ1v) is 6.97. The quantitative estimate of drug-likeness (QED) is 0.793. The van der Waals surface area contributed by atoms with E-state index < -0.39 is 12.7 Å². The number of nitrogens with zero attached hydrogens (tertiary/aromatic N) is 1. The van der Waals surface area contributed by atoms with Crippen LogP contribution in [0.15, 0.2) is 0 Å². The molecule has 5 heteroatoms. The SMILES string of the molecule is CNC1CCCC1CCN(CC(F)(F)F)C1CC1. The summed E-state index contributed by atoms with van der Waals surface area (Å²) in [4.78, 5) is 1.64. The number of hydrogen-bond acceptors (Lipinski definition) is 2. The number of halogens is 3. The third-order valence-corrected chi connectivity index (χ3v) is 4.26. The van der Waals surface area contributed by atoms with Crippen LogP contribution in [0, 0.1) is 5.92 Å². The highest BCUT2D eigenvalue weighted by molar-refractivity contribution is 4.88. The summed E-state index contributed by atoms with van der Waals surface area (Å²) in [5.41, 5.74) is 0. The molecule has 106 valence electrons. The Bertz CT molecular complexity index is 263. The second kappa shape index (κ2) is 5.78. The van der Waals surface area contributed by atoms with Gasteiger partial charge in [-0.2, -0.15) is 13.2 Å². The normalized spacial score (nSPS) is 29.2. The van der Waals surface area contributed by atoms with Gasteiger partial charge >= 0.3 is 6.18 Å². The lowest BCUT2D eigenvalue weighted by atomic mass is 9.99. The van der Waals surface area contributed by atoms with Gasteiger partial charge in [0.05, 0.1) is 6.54 Å². The lowest BCUT2D eigenvalue weighted by Gasteiger charge is -2.26. The number of alkyl halides is 3. The third kappa shape index (κ3) is 4.12.